The number of hydrogen-bond donors (Lipinski definition) is 1. The zero-order chi connectivity index (χ0) is 18.4. The topological polar surface area (TPSA) is 64.3 Å². The minimum Gasteiger partial charge on any atom is -0.394 e. The maximum Gasteiger partial charge on any atom is 0.263 e. The van der Waals surface area contributed by atoms with E-state index in [2.05, 4.69) is 6.92 Å². The average Bonchev–Trinajstić information content (AvgIpc) is 3.02. The van der Waals surface area contributed by atoms with Gasteiger partial charge in [-0.05, 0) is 37.7 Å². The summed E-state index contributed by atoms with van der Waals surface area (Å²) in [6.45, 7) is 3.86. The van der Waals surface area contributed by atoms with Crippen LogP contribution in [0.15, 0.2) is 9.95 Å². The van der Waals surface area contributed by atoms with Crippen LogP contribution in [0.5, 0.6) is 0 Å². The molecular formula is C19H28N2O3S2. The predicted octanol–water partition coefficient (Wildman–Crippen LogP) is 3.63. The second-order valence-electron chi connectivity index (χ2n) is 6.63. The second kappa shape index (κ2) is 9.88. The standard InChI is InChI=1S/C19H28N2O3S2/c1-2-3-6-9-21-18(23)16-14-7-4-5-8-15(14)26-17(16)20-19(21)25-13-12-24-11-10-22/h22H,2-13H2,1H3. The van der Waals surface area contributed by atoms with Crippen LogP contribution in [0.25, 0.3) is 10.2 Å². The highest BCUT2D eigenvalue weighted by Gasteiger charge is 2.22. The lowest BCUT2D eigenvalue weighted by atomic mass is 9.97. The summed E-state index contributed by atoms with van der Waals surface area (Å²) in [4.78, 5) is 20.4. The average molecular weight is 397 g/mol. The SMILES string of the molecule is CCCCCn1c(SCCOCCO)nc2sc3c(c2c1=O)CCCC3. The fraction of sp³-hybridized carbons (Fsp3) is 0.684. The van der Waals surface area contributed by atoms with E-state index in [4.69, 9.17) is 14.8 Å². The molecular weight excluding hydrogens is 368 g/mol. The summed E-state index contributed by atoms with van der Waals surface area (Å²) in [6.07, 6.45) is 7.75. The first kappa shape index (κ1) is 19.9. The van der Waals surface area contributed by atoms with Gasteiger partial charge in [0.25, 0.3) is 5.56 Å². The molecule has 0 aromatic carbocycles. The Kier molecular flexibility index (Phi) is 7.54. The van der Waals surface area contributed by atoms with Crippen molar-refractivity contribution in [3.63, 3.8) is 0 Å². The highest BCUT2D eigenvalue weighted by atomic mass is 32.2. The quantitative estimate of drug-likeness (QED) is 0.377. The molecule has 0 saturated heterocycles. The van der Waals surface area contributed by atoms with Crippen LogP contribution in [0, 0.1) is 0 Å². The van der Waals surface area contributed by atoms with Gasteiger partial charge in [0, 0.05) is 17.2 Å². The van der Waals surface area contributed by atoms with E-state index in [1.165, 1.54) is 23.3 Å². The van der Waals surface area contributed by atoms with Gasteiger partial charge >= 0.3 is 0 Å². The van der Waals surface area contributed by atoms with Crippen LogP contribution >= 0.6 is 23.1 Å². The van der Waals surface area contributed by atoms with Crippen molar-refractivity contribution in [3.8, 4) is 0 Å². The largest absolute Gasteiger partial charge is 0.394 e. The number of thioether (sulfide) groups is 1. The van der Waals surface area contributed by atoms with Crippen LogP contribution in [-0.2, 0) is 24.1 Å². The number of hydrogen-bond acceptors (Lipinski definition) is 6. The lowest BCUT2D eigenvalue weighted by molar-refractivity contribution is 0.103. The molecule has 3 rings (SSSR count). The van der Waals surface area contributed by atoms with Crippen LogP contribution in [0.2, 0.25) is 0 Å². The molecule has 5 nitrogen and oxygen atoms in total. The molecule has 2 aromatic heterocycles. The number of ether oxygens (including phenoxy) is 1. The Morgan fingerprint density at radius 2 is 2.12 bits per heavy atom. The molecule has 1 aliphatic carbocycles. The second-order valence-corrected chi connectivity index (χ2v) is 8.78. The Balaban J connectivity index is 1.90. The molecule has 7 heteroatoms. The summed E-state index contributed by atoms with van der Waals surface area (Å²) in [5.41, 5.74) is 1.41. The molecule has 0 fully saturated rings. The molecule has 0 amide bonds. The molecule has 2 aromatic rings. The summed E-state index contributed by atoms with van der Waals surface area (Å²) in [6, 6.07) is 0. The summed E-state index contributed by atoms with van der Waals surface area (Å²) >= 11 is 3.29. The highest BCUT2D eigenvalue weighted by Crippen LogP contribution is 2.34. The number of aromatic nitrogens is 2. The van der Waals surface area contributed by atoms with E-state index < -0.39 is 0 Å². The minimum absolute atomic E-state index is 0.0390. The first-order chi connectivity index (χ1) is 12.8. The van der Waals surface area contributed by atoms with Gasteiger partial charge in [0.15, 0.2) is 5.16 Å². The van der Waals surface area contributed by atoms with Crippen LogP contribution in [0.1, 0.15) is 49.5 Å². The molecule has 2 heterocycles. The molecule has 144 valence electrons. The Hall–Kier alpha value is -0.890. The Morgan fingerprint density at radius 3 is 2.92 bits per heavy atom. The summed E-state index contributed by atoms with van der Waals surface area (Å²) in [5, 5.41) is 10.5. The highest BCUT2D eigenvalue weighted by molar-refractivity contribution is 7.99. The number of aryl methyl sites for hydroxylation is 2. The van der Waals surface area contributed by atoms with Crippen molar-refractivity contribution in [1.82, 2.24) is 9.55 Å². The van der Waals surface area contributed by atoms with Gasteiger partial charge < -0.3 is 9.84 Å². The third-order valence-electron chi connectivity index (χ3n) is 4.72. The maximum atomic E-state index is 13.3. The third kappa shape index (κ3) is 4.50. The first-order valence-electron chi connectivity index (χ1n) is 9.62. The zero-order valence-electron chi connectivity index (χ0n) is 15.5. The first-order valence-corrected chi connectivity index (χ1v) is 11.4. The van der Waals surface area contributed by atoms with Gasteiger partial charge in [0.05, 0.1) is 25.2 Å². The Morgan fingerprint density at radius 1 is 1.27 bits per heavy atom. The van der Waals surface area contributed by atoms with Gasteiger partial charge in [-0.1, -0.05) is 31.5 Å². The fourth-order valence-electron chi connectivity index (χ4n) is 3.41. The van der Waals surface area contributed by atoms with E-state index in [0.717, 1.165) is 59.8 Å². The summed E-state index contributed by atoms with van der Waals surface area (Å²) in [7, 11) is 0. The number of rotatable bonds is 10. The molecule has 0 aliphatic heterocycles. The molecule has 26 heavy (non-hydrogen) atoms. The van der Waals surface area contributed by atoms with Crippen LogP contribution in [-0.4, -0.2) is 40.2 Å². The van der Waals surface area contributed by atoms with Crippen molar-refractivity contribution in [3.05, 3.63) is 20.8 Å². The minimum atomic E-state index is 0.0390. The maximum absolute atomic E-state index is 13.3. The van der Waals surface area contributed by atoms with E-state index in [1.54, 1.807) is 23.1 Å². The molecule has 0 bridgehead atoms. The van der Waals surface area contributed by atoms with Gasteiger partial charge in [0.2, 0.25) is 0 Å². The number of aliphatic hydroxyl groups is 1. The zero-order valence-corrected chi connectivity index (χ0v) is 17.1. The van der Waals surface area contributed by atoms with Crippen LogP contribution in [0.4, 0.5) is 0 Å². The van der Waals surface area contributed by atoms with E-state index in [1.807, 2.05) is 4.57 Å². The van der Waals surface area contributed by atoms with E-state index in [-0.39, 0.29) is 12.2 Å². The number of unbranched alkanes of at least 4 members (excludes halogenated alkanes) is 2. The van der Waals surface area contributed by atoms with Crippen molar-refractivity contribution in [2.75, 3.05) is 25.6 Å². The van der Waals surface area contributed by atoms with Crippen LogP contribution in [0.3, 0.4) is 0 Å². The predicted molar refractivity (Wildman–Crippen MR) is 109 cm³/mol. The number of thiophene rings is 1. The molecule has 0 atom stereocenters. The molecule has 1 aliphatic rings. The monoisotopic (exact) mass is 396 g/mol. The van der Waals surface area contributed by atoms with Gasteiger partial charge in [0.1, 0.15) is 4.83 Å². The smallest absolute Gasteiger partial charge is 0.263 e. The number of fused-ring (bicyclic) bond motifs is 3. The summed E-state index contributed by atoms with van der Waals surface area (Å²) < 4.78 is 7.23. The molecule has 0 radical (unpaired) electrons. The molecule has 0 unspecified atom stereocenters. The summed E-state index contributed by atoms with van der Waals surface area (Å²) in [5.74, 6) is 0.733. The van der Waals surface area contributed by atoms with Gasteiger partial charge in [-0.3, -0.25) is 9.36 Å². The van der Waals surface area contributed by atoms with Crippen molar-refractivity contribution in [1.29, 1.82) is 0 Å². The molecule has 1 N–H and O–H groups in total. The Bertz CT molecular complexity index is 785. The Labute approximate surface area is 162 Å². The normalized spacial score (nSPS) is 14.1. The number of nitrogens with zero attached hydrogens (tertiary/aromatic N) is 2. The fourth-order valence-corrected chi connectivity index (χ4v) is 5.58. The lowest BCUT2D eigenvalue weighted by Gasteiger charge is -2.13. The van der Waals surface area contributed by atoms with Crippen molar-refractivity contribution >= 4 is 33.3 Å². The van der Waals surface area contributed by atoms with E-state index in [0.29, 0.717) is 13.2 Å². The van der Waals surface area contributed by atoms with Gasteiger partial charge in [-0.25, -0.2) is 4.98 Å². The van der Waals surface area contributed by atoms with Gasteiger partial charge in [-0.15, -0.1) is 11.3 Å². The lowest BCUT2D eigenvalue weighted by Crippen LogP contribution is -2.24. The van der Waals surface area contributed by atoms with E-state index in [9.17, 15) is 4.79 Å². The van der Waals surface area contributed by atoms with Crippen LogP contribution < -0.4 is 5.56 Å². The van der Waals surface area contributed by atoms with E-state index >= 15 is 0 Å². The molecule has 0 spiro atoms. The van der Waals surface area contributed by atoms with Gasteiger partial charge in [-0.2, -0.15) is 0 Å². The van der Waals surface area contributed by atoms with Crippen molar-refractivity contribution in [2.45, 2.75) is 63.6 Å². The molecule has 0 saturated carbocycles. The van der Waals surface area contributed by atoms with Crippen molar-refractivity contribution < 1.29 is 9.84 Å². The number of aliphatic hydroxyl groups excluding tert-OH is 1. The van der Waals surface area contributed by atoms with Crippen molar-refractivity contribution in [2.24, 2.45) is 0 Å². The third-order valence-corrected chi connectivity index (χ3v) is 6.85.